The number of esters is 1. The second kappa shape index (κ2) is 13.3. The van der Waals surface area contributed by atoms with Crippen LogP contribution in [0.1, 0.15) is 64.2 Å². The molecular formula is C35H42N6O6S. The van der Waals surface area contributed by atoms with E-state index >= 15 is 0 Å². The van der Waals surface area contributed by atoms with Gasteiger partial charge in [-0.2, -0.15) is 0 Å². The summed E-state index contributed by atoms with van der Waals surface area (Å²) in [4.78, 5) is 65.9. The fourth-order valence-corrected chi connectivity index (χ4v) is 8.16. The van der Waals surface area contributed by atoms with Crippen LogP contribution in [-0.4, -0.2) is 80.5 Å². The Kier molecular flexibility index (Phi) is 8.97. The number of hydrogen-bond acceptors (Lipinski definition) is 9. The molecule has 5 heterocycles. The number of aromatic nitrogens is 3. The Balaban J connectivity index is 1.17. The Labute approximate surface area is 283 Å². The van der Waals surface area contributed by atoms with E-state index in [0.29, 0.717) is 30.9 Å². The Morgan fingerprint density at radius 1 is 1.15 bits per heavy atom. The number of nitrogens with one attached hydrogen (secondary N) is 2. The van der Waals surface area contributed by atoms with Crippen LogP contribution < -0.4 is 15.4 Å². The molecule has 7 rings (SSSR count). The zero-order valence-corrected chi connectivity index (χ0v) is 28.2. The van der Waals surface area contributed by atoms with Gasteiger partial charge in [0.15, 0.2) is 0 Å². The highest BCUT2D eigenvalue weighted by Crippen LogP contribution is 2.46. The van der Waals surface area contributed by atoms with Crippen molar-refractivity contribution in [3.63, 3.8) is 0 Å². The van der Waals surface area contributed by atoms with Gasteiger partial charge < -0.3 is 29.6 Å². The van der Waals surface area contributed by atoms with Gasteiger partial charge in [0.2, 0.25) is 17.7 Å². The second-order valence-corrected chi connectivity index (χ2v) is 14.6. The first-order chi connectivity index (χ1) is 23.3. The quantitative estimate of drug-likeness (QED) is 0.284. The Hall–Kier alpha value is -4.26. The van der Waals surface area contributed by atoms with Crippen molar-refractivity contribution in [2.75, 3.05) is 13.7 Å². The normalized spacial score (nSPS) is 28.4. The largest absolute Gasteiger partial charge is 0.487 e. The Morgan fingerprint density at radius 3 is 2.77 bits per heavy atom. The first kappa shape index (κ1) is 32.3. The molecule has 0 radical (unpaired) electrons. The number of methoxy groups -OCH3 is 1. The molecule has 1 saturated heterocycles. The van der Waals surface area contributed by atoms with Crippen molar-refractivity contribution in [2.45, 2.75) is 87.9 Å². The van der Waals surface area contributed by atoms with E-state index in [1.54, 1.807) is 23.4 Å². The summed E-state index contributed by atoms with van der Waals surface area (Å²) >= 11 is 1.52. The smallest absolute Gasteiger partial charge is 0.332 e. The van der Waals surface area contributed by atoms with E-state index in [4.69, 9.17) is 9.47 Å². The molecule has 0 spiro atoms. The highest BCUT2D eigenvalue weighted by Gasteiger charge is 2.62. The number of amides is 3. The number of hydrogen-bond donors (Lipinski definition) is 2. The molecule has 2 aliphatic carbocycles. The molecule has 4 aliphatic rings. The lowest BCUT2D eigenvalue weighted by Gasteiger charge is -2.29. The molecule has 3 aromatic heterocycles. The van der Waals surface area contributed by atoms with Gasteiger partial charge in [0.25, 0.3) is 0 Å². The molecule has 5 atom stereocenters. The molecule has 254 valence electrons. The van der Waals surface area contributed by atoms with Crippen molar-refractivity contribution in [3.8, 4) is 16.5 Å². The predicted molar refractivity (Wildman–Crippen MR) is 179 cm³/mol. The highest BCUT2D eigenvalue weighted by molar-refractivity contribution is 7.22. The van der Waals surface area contributed by atoms with Crippen LogP contribution in [-0.2, 0) is 31.0 Å². The average Bonchev–Trinajstić information content (AvgIpc) is 3.81. The van der Waals surface area contributed by atoms with Gasteiger partial charge in [-0.25, -0.2) is 9.78 Å². The number of nitrogens with zero attached hydrogens (tertiary/aromatic N) is 4. The van der Waals surface area contributed by atoms with E-state index in [9.17, 15) is 19.2 Å². The van der Waals surface area contributed by atoms with Gasteiger partial charge in [0.05, 0.1) is 28.7 Å². The maximum Gasteiger partial charge on any atom is 0.332 e. The molecule has 2 aliphatic heterocycles. The molecule has 0 aromatic carbocycles. The van der Waals surface area contributed by atoms with Gasteiger partial charge in [-0.15, -0.1) is 11.3 Å². The fraction of sp³-hybridized carbons (Fsp3) is 0.543. The van der Waals surface area contributed by atoms with Gasteiger partial charge in [-0.3, -0.25) is 19.4 Å². The van der Waals surface area contributed by atoms with Gasteiger partial charge in [-0.1, -0.05) is 25.0 Å². The molecule has 0 unspecified atom stereocenters. The molecule has 12 nitrogen and oxygen atoms in total. The van der Waals surface area contributed by atoms with E-state index in [-0.39, 0.29) is 30.7 Å². The van der Waals surface area contributed by atoms with Crippen molar-refractivity contribution in [3.05, 3.63) is 42.9 Å². The van der Waals surface area contributed by atoms with Crippen molar-refractivity contribution in [1.82, 2.24) is 30.1 Å². The molecule has 3 amide bonds. The molecular weight excluding hydrogens is 632 g/mol. The van der Waals surface area contributed by atoms with E-state index in [1.165, 1.54) is 18.4 Å². The van der Waals surface area contributed by atoms with Crippen LogP contribution in [0.5, 0.6) is 5.75 Å². The van der Waals surface area contributed by atoms with Gasteiger partial charge in [0, 0.05) is 44.4 Å². The Bertz CT molecular complexity index is 1750. The van der Waals surface area contributed by atoms with Crippen molar-refractivity contribution >= 4 is 45.2 Å². The van der Waals surface area contributed by atoms with Crippen LogP contribution in [0, 0.1) is 11.8 Å². The maximum absolute atomic E-state index is 14.3. The highest BCUT2D eigenvalue weighted by atomic mass is 32.1. The first-order valence-electron chi connectivity index (χ1n) is 17.0. The number of ether oxygens (including phenoxy) is 2. The number of aryl methyl sites for hydroxylation is 1. The zero-order valence-electron chi connectivity index (χ0n) is 27.4. The van der Waals surface area contributed by atoms with Crippen molar-refractivity contribution < 1.29 is 28.7 Å². The Morgan fingerprint density at radius 2 is 2.00 bits per heavy atom. The summed E-state index contributed by atoms with van der Waals surface area (Å²) in [5.74, 6) is 0.278. The van der Waals surface area contributed by atoms with Gasteiger partial charge in [0.1, 0.15) is 35.3 Å². The van der Waals surface area contributed by atoms with E-state index in [1.807, 2.05) is 30.0 Å². The minimum atomic E-state index is -1.16. The topological polar surface area (TPSA) is 145 Å². The van der Waals surface area contributed by atoms with E-state index in [2.05, 4.69) is 26.7 Å². The summed E-state index contributed by atoms with van der Waals surface area (Å²) in [6, 6.07) is 2.13. The summed E-state index contributed by atoms with van der Waals surface area (Å²) in [7, 11) is 3.26. The van der Waals surface area contributed by atoms with Crippen LogP contribution in [0.4, 0.5) is 0 Å². The number of thiophene rings is 1. The molecule has 3 aromatic rings. The number of imidazole rings is 1. The van der Waals surface area contributed by atoms with Gasteiger partial charge in [-0.05, 0) is 56.6 Å². The number of rotatable bonds is 7. The lowest BCUT2D eigenvalue weighted by atomic mass is 10.0. The number of carbonyl (C=O) groups is 4. The molecule has 3 fully saturated rings. The van der Waals surface area contributed by atoms with Gasteiger partial charge >= 0.3 is 5.97 Å². The lowest BCUT2D eigenvalue weighted by molar-refractivity contribution is -0.148. The molecule has 48 heavy (non-hydrogen) atoms. The number of allylic oxidation sites excluding steroid dienone is 1. The molecule has 2 N–H and O–H groups in total. The van der Waals surface area contributed by atoms with Crippen LogP contribution in [0.2, 0.25) is 0 Å². The minimum Gasteiger partial charge on any atom is -0.487 e. The third-order valence-corrected chi connectivity index (χ3v) is 11.1. The summed E-state index contributed by atoms with van der Waals surface area (Å²) in [5.41, 5.74) is -0.396. The number of fused-ring (bicyclic) bond motifs is 3. The molecule has 0 bridgehead atoms. The predicted octanol–water partition coefficient (Wildman–Crippen LogP) is 3.90. The van der Waals surface area contributed by atoms with E-state index < -0.39 is 35.6 Å². The summed E-state index contributed by atoms with van der Waals surface area (Å²) in [6.45, 7) is 0.155. The number of pyridine rings is 1. The number of carbonyl (C=O) groups excluding carboxylic acids is 4. The lowest BCUT2D eigenvalue weighted by Crippen LogP contribution is -2.56. The molecule has 13 heteroatoms. The first-order valence-corrected chi connectivity index (χ1v) is 17.8. The van der Waals surface area contributed by atoms with Crippen molar-refractivity contribution in [1.29, 1.82) is 0 Å². The van der Waals surface area contributed by atoms with E-state index in [0.717, 1.165) is 59.4 Å². The monoisotopic (exact) mass is 674 g/mol. The summed E-state index contributed by atoms with van der Waals surface area (Å²) in [5, 5.41) is 6.00. The molecule has 2 saturated carbocycles. The minimum absolute atomic E-state index is 0.129. The summed E-state index contributed by atoms with van der Waals surface area (Å²) in [6.07, 6.45) is 15.9. The summed E-state index contributed by atoms with van der Waals surface area (Å²) < 4.78 is 14.5. The SMILES string of the molecule is COC(=O)[C@@]12C[C@H]1/C=C\CCCCC[C@H](NC(=O)CC1CC1)C(=O)N1C[C@H](Oc3ccnc4cc(-c5nccn5C)sc34)C[C@H]1C(=O)N2. The zero-order chi connectivity index (χ0) is 33.4. The maximum atomic E-state index is 14.3. The van der Waals surface area contributed by atoms with Crippen LogP contribution >= 0.6 is 11.3 Å². The average molecular weight is 675 g/mol. The second-order valence-electron chi connectivity index (χ2n) is 13.6. The standard InChI is InChI=1S/C35H42N6O6S/c1-40-15-14-37-31(40)28-18-25-30(48-28)27(12-13-36-25)47-23-17-26-32(43)39-35(34(45)46-2)19-22(35)8-6-4-3-5-7-9-24(33(44)41(26)20-23)38-29(42)16-21-10-11-21/h6,8,12-15,18,21-24,26H,3-5,7,9-11,16-17,19-20H2,1-2H3,(H,38,42)(H,39,43)/b8-6-/t22-,23-,24+,26+,35-/m1/s1. The fourth-order valence-electron chi connectivity index (χ4n) is 7.05. The van der Waals surface area contributed by atoms with Crippen LogP contribution in [0.3, 0.4) is 0 Å². The van der Waals surface area contributed by atoms with Crippen molar-refractivity contribution in [2.24, 2.45) is 18.9 Å². The van der Waals surface area contributed by atoms with Crippen LogP contribution in [0.25, 0.3) is 20.9 Å². The van der Waals surface area contributed by atoms with Crippen LogP contribution in [0.15, 0.2) is 42.9 Å². The third kappa shape index (κ3) is 6.56. The third-order valence-electron chi connectivity index (χ3n) is 10.0.